The van der Waals surface area contributed by atoms with Crippen LogP contribution in [-0.4, -0.2) is 61.0 Å². The zero-order chi connectivity index (χ0) is 12.8. The summed E-state index contributed by atoms with van der Waals surface area (Å²) in [7, 11) is 0. The summed E-state index contributed by atoms with van der Waals surface area (Å²) in [6.45, 7) is 6.26. The molecule has 2 saturated heterocycles. The first kappa shape index (κ1) is 11.9. The van der Waals surface area contributed by atoms with Crippen LogP contribution in [0.25, 0.3) is 0 Å². The maximum absolute atomic E-state index is 12.6. The summed E-state index contributed by atoms with van der Waals surface area (Å²) in [5, 5.41) is 3.33. The second-order valence-electron chi connectivity index (χ2n) is 6.56. The van der Waals surface area contributed by atoms with Gasteiger partial charge in [0, 0.05) is 51.2 Å². The van der Waals surface area contributed by atoms with Crippen LogP contribution < -0.4 is 5.32 Å². The van der Waals surface area contributed by atoms with Gasteiger partial charge in [0.1, 0.15) is 0 Å². The third kappa shape index (κ3) is 2.01. The molecule has 3 atom stereocenters. The molecule has 0 aromatic heterocycles. The zero-order valence-electron chi connectivity index (χ0n) is 11.4. The number of carbonyl (C=O) groups excluding carboxylic acids is 1. The number of hydrogen-bond donors (Lipinski definition) is 1. The highest BCUT2D eigenvalue weighted by molar-refractivity contribution is 5.80. The van der Waals surface area contributed by atoms with Crippen LogP contribution >= 0.6 is 0 Å². The van der Waals surface area contributed by atoms with Crippen LogP contribution in [0, 0.1) is 17.8 Å². The first-order chi connectivity index (χ1) is 9.31. The maximum Gasteiger partial charge on any atom is 0.226 e. The summed E-state index contributed by atoms with van der Waals surface area (Å²) in [6.07, 6.45) is 6.93. The maximum atomic E-state index is 12.6. The molecule has 1 N–H and O–H groups in total. The van der Waals surface area contributed by atoms with E-state index in [1.54, 1.807) is 0 Å². The predicted octanol–water partition coefficient (Wildman–Crippen LogP) is 0.315. The summed E-state index contributed by atoms with van der Waals surface area (Å²) >= 11 is 0. The molecule has 104 valence electrons. The summed E-state index contributed by atoms with van der Waals surface area (Å²) in [4.78, 5) is 17.3. The first-order valence-corrected chi connectivity index (χ1v) is 7.73. The van der Waals surface area contributed by atoms with E-state index in [2.05, 4.69) is 27.3 Å². The first-order valence-electron chi connectivity index (χ1n) is 7.73. The molecule has 0 spiro atoms. The Balaban J connectivity index is 1.33. The van der Waals surface area contributed by atoms with Gasteiger partial charge in [-0.25, -0.2) is 0 Å². The number of allylic oxidation sites excluding steroid dienone is 2. The van der Waals surface area contributed by atoms with Crippen molar-refractivity contribution in [2.45, 2.75) is 18.9 Å². The molecule has 0 aromatic carbocycles. The molecule has 2 aliphatic carbocycles. The minimum absolute atomic E-state index is 0.298. The van der Waals surface area contributed by atoms with Crippen LogP contribution in [0.1, 0.15) is 12.8 Å². The smallest absolute Gasteiger partial charge is 0.226 e. The second kappa shape index (κ2) is 4.60. The quantitative estimate of drug-likeness (QED) is 0.727. The van der Waals surface area contributed by atoms with E-state index in [9.17, 15) is 4.79 Å². The number of rotatable bonds is 2. The Labute approximate surface area is 114 Å². The van der Waals surface area contributed by atoms with Crippen LogP contribution in [0.3, 0.4) is 0 Å². The van der Waals surface area contributed by atoms with Gasteiger partial charge in [-0.15, -0.1) is 0 Å². The Bertz CT molecular complexity index is 396. The summed E-state index contributed by atoms with van der Waals surface area (Å²) in [5.41, 5.74) is 0. The molecule has 1 saturated carbocycles. The highest BCUT2D eigenvalue weighted by Gasteiger charge is 2.42. The molecule has 1 amide bonds. The van der Waals surface area contributed by atoms with Crippen molar-refractivity contribution in [3.05, 3.63) is 12.2 Å². The fourth-order valence-electron chi connectivity index (χ4n) is 4.14. The lowest BCUT2D eigenvalue weighted by Crippen LogP contribution is -2.62. The average molecular weight is 261 g/mol. The van der Waals surface area contributed by atoms with Gasteiger partial charge < -0.3 is 10.2 Å². The zero-order valence-corrected chi connectivity index (χ0v) is 11.4. The summed E-state index contributed by atoms with van der Waals surface area (Å²) in [5.74, 6) is 1.97. The number of nitrogens with one attached hydrogen (secondary N) is 1. The predicted molar refractivity (Wildman–Crippen MR) is 73.7 cm³/mol. The van der Waals surface area contributed by atoms with Crippen molar-refractivity contribution in [3.8, 4) is 0 Å². The van der Waals surface area contributed by atoms with Gasteiger partial charge in [0.15, 0.2) is 0 Å². The molecule has 2 heterocycles. The van der Waals surface area contributed by atoms with Gasteiger partial charge in [-0.05, 0) is 24.7 Å². The van der Waals surface area contributed by atoms with Crippen LogP contribution in [-0.2, 0) is 4.79 Å². The van der Waals surface area contributed by atoms with E-state index in [4.69, 9.17) is 0 Å². The minimum Gasteiger partial charge on any atom is -0.340 e. The molecule has 3 fully saturated rings. The standard InChI is InChI=1S/C15H23N3O/c19-15(14-8-11-1-2-12(14)7-11)18-5-3-17(4-6-18)13-9-16-10-13/h1-2,11-14,16H,3-10H2. The van der Waals surface area contributed by atoms with Crippen molar-refractivity contribution in [1.82, 2.24) is 15.1 Å². The number of nitrogens with zero attached hydrogens (tertiary/aromatic N) is 2. The Morgan fingerprint density at radius 3 is 2.37 bits per heavy atom. The van der Waals surface area contributed by atoms with E-state index in [0.29, 0.717) is 23.7 Å². The largest absolute Gasteiger partial charge is 0.340 e. The van der Waals surface area contributed by atoms with Crippen LogP contribution in [0.15, 0.2) is 12.2 Å². The highest BCUT2D eigenvalue weighted by atomic mass is 16.2. The molecule has 19 heavy (non-hydrogen) atoms. The third-order valence-corrected chi connectivity index (χ3v) is 5.50. The molecule has 4 nitrogen and oxygen atoms in total. The van der Waals surface area contributed by atoms with Gasteiger partial charge in [0.05, 0.1) is 0 Å². The van der Waals surface area contributed by atoms with E-state index in [1.807, 2.05) is 0 Å². The SMILES string of the molecule is O=C(C1CC2C=CC1C2)N1CCN(C2CNC2)CC1. The van der Waals surface area contributed by atoms with Crippen molar-refractivity contribution in [2.75, 3.05) is 39.3 Å². The molecular weight excluding hydrogens is 238 g/mol. The number of hydrogen-bond acceptors (Lipinski definition) is 3. The van der Waals surface area contributed by atoms with Crippen molar-refractivity contribution in [1.29, 1.82) is 0 Å². The second-order valence-corrected chi connectivity index (χ2v) is 6.56. The topological polar surface area (TPSA) is 35.6 Å². The lowest BCUT2D eigenvalue weighted by atomic mass is 9.92. The van der Waals surface area contributed by atoms with Gasteiger partial charge in [-0.3, -0.25) is 9.69 Å². The number of amides is 1. The lowest BCUT2D eigenvalue weighted by molar-refractivity contribution is -0.138. The van der Waals surface area contributed by atoms with Crippen molar-refractivity contribution in [3.63, 3.8) is 0 Å². The monoisotopic (exact) mass is 261 g/mol. The molecule has 4 aliphatic rings. The number of fused-ring (bicyclic) bond motifs is 2. The Kier molecular flexibility index (Phi) is 2.88. The fourth-order valence-corrected chi connectivity index (χ4v) is 4.14. The Hall–Kier alpha value is -0.870. The molecule has 4 heteroatoms. The lowest BCUT2D eigenvalue weighted by Gasteiger charge is -2.44. The molecular formula is C15H23N3O. The Morgan fingerprint density at radius 1 is 1.05 bits per heavy atom. The van der Waals surface area contributed by atoms with Crippen molar-refractivity contribution >= 4 is 5.91 Å². The molecule has 0 aromatic rings. The van der Waals surface area contributed by atoms with Crippen molar-refractivity contribution < 1.29 is 4.79 Å². The van der Waals surface area contributed by atoms with Crippen molar-refractivity contribution in [2.24, 2.45) is 17.8 Å². The highest BCUT2D eigenvalue weighted by Crippen LogP contribution is 2.44. The molecule has 0 radical (unpaired) electrons. The molecule has 3 unspecified atom stereocenters. The number of piperazine rings is 1. The average Bonchev–Trinajstić information content (AvgIpc) is 2.99. The normalized spacial score (nSPS) is 38.7. The van der Waals surface area contributed by atoms with E-state index in [-0.39, 0.29) is 0 Å². The molecule has 2 bridgehead atoms. The van der Waals surface area contributed by atoms with Gasteiger partial charge in [0.25, 0.3) is 0 Å². The van der Waals surface area contributed by atoms with E-state index in [0.717, 1.165) is 51.7 Å². The molecule has 4 rings (SSSR count). The summed E-state index contributed by atoms with van der Waals surface area (Å²) < 4.78 is 0. The van der Waals surface area contributed by atoms with Gasteiger partial charge in [-0.1, -0.05) is 12.2 Å². The van der Waals surface area contributed by atoms with Crippen LogP contribution in [0.2, 0.25) is 0 Å². The molecule has 2 aliphatic heterocycles. The van der Waals surface area contributed by atoms with Crippen LogP contribution in [0.4, 0.5) is 0 Å². The fraction of sp³-hybridized carbons (Fsp3) is 0.800. The summed E-state index contributed by atoms with van der Waals surface area (Å²) in [6, 6.07) is 0.725. The van der Waals surface area contributed by atoms with E-state index in [1.165, 1.54) is 6.42 Å². The van der Waals surface area contributed by atoms with Gasteiger partial charge in [0.2, 0.25) is 5.91 Å². The third-order valence-electron chi connectivity index (χ3n) is 5.50. The van der Waals surface area contributed by atoms with Gasteiger partial charge >= 0.3 is 0 Å². The van der Waals surface area contributed by atoms with E-state index >= 15 is 0 Å². The minimum atomic E-state index is 0.298. The van der Waals surface area contributed by atoms with Gasteiger partial charge in [-0.2, -0.15) is 0 Å². The Morgan fingerprint density at radius 2 is 1.84 bits per heavy atom. The number of carbonyl (C=O) groups is 1. The van der Waals surface area contributed by atoms with E-state index < -0.39 is 0 Å². The van der Waals surface area contributed by atoms with Crippen LogP contribution in [0.5, 0.6) is 0 Å².